The van der Waals surface area contributed by atoms with E-state index in [0.717, 1.165) is 16.1 Å². The van der Waals surface area contributed by atoms with Crippen molar-refractivity contribution in [3.63, 3.8) is 0 Å². The number of nitrogens with zero attached hydrogens (tertiary/aromatic N) is 1. The molecule has 0 aliphatic heterocycles. The molecule has 1 atom stereocenters. The van der Waals surface area contributed by atoms with Crippen LogP contribution in [0.1, 0.15) is 37.6 Å². The second kappa shape index (κ2) is 7.49. The second-order valence-electron chi connectivity index (χ2n) is 5.09. The largest absolute Gasteiger partial charge is 0.387 e. The topological polar surface area (TPSA) is 71.5 Å². The first-order chi connectivity index (χ1) is 10.5. The fourth-order valence-corrected chi connectivity index (χ4v) is 2.98. The summed E-state index contributed by atoms with van der Waals surface area (Å²) in [6, 6.07) is 7.59. The molecule has 0 fully saturated rings. The number of aryl methyl sites for hydroxylation is 2. The highest BCUT2D eigenvalue weighted by atomic mass is 32.1. The van der Waals surface area contributed by atoms with Gasteiger partial charge in [0.15, 0.2) is 0 Å². The molecule has 1 amide bonds. The number of amides is 1. The third-order valence-electron chi connectivity index (χ3n) is 3.23. The monoisotopic (exact) mass is 320 g/mol. The average molecular weight is 320 g/mol. The number of ether oxygens (including phenoxy) is 1. The van der Waals surface area contributed by atoms with Crippen molar-refractivity contribution >= 4 is 17.2 Å². The van der Waals surface area contributed by atoms with Crippen LogP contribution in [0.15, 0.2) is 24.3 Å². The van der Waals surface area contributed by atoms with E-state index < -0.39 is 6.10 Å². The molecule has 1 heterocycles. The van der Waals surface area contributed by atoms with Crippen molar-refractivity contribution in [3.8, 4) is 0 Å². The Bertz CT molecular complexity index is 637. The van der Waals surface area contributed by atoms with E-state index in [9.17, 15) is 9.90 Å². The van der Waals surface area contributed by atoms with Crippen molar-refractivity contribution in [1.29, 1.82) is 0 Å². The molecule has 22 heavy (non-hydrogen) atoms. The lowest BCUT2D eigenvalue weighted by Gasteiger charge is -2.12. The van der Waals surface area contributed by atoms with Gasteiger partial charge in [-0.3, -0.25) is 4.79 Å². The fraction of sp³-hybridized carbons (Fsp3) is 0.375. The molecule has 2 N–H and O–H groups in total. The smallest absolute Gasteiger partial charge is 0.263 e. The summed E-state index contributed by atoms with van der Waals surface area (Å²) in [5.41, 5.74) is 2.59. The first-order valence-electron chi connectivity index (χ1n) is 6.99. The Kier molecular flexibility index (Phi) is 5.65. The van der Waals surface area contributed by atoms with Gasteiger partial charge in [0, 0.05) is 13.7 Å². The van der Waals surface area contributed by atoms with E-state index >= 15 is 0 Å². The molecule has 118 valence electrons. The van der Waals surface area contributed by atoms with Crippen LogP contribution in [-0.2, 0) is 11.3 Å². The molecule has 2 aromatic rings. The number of rotatable bonds is 6. The number of hydrogen-bond acceptors (Lipinski definition) is 5. The van der Waals surface area contributed by atoms with Crippen LogP contribution in [0.3, 0.4) is 0 Å². The predicted molar refractivity (Wildman–Crippen MR) is 86.0 cm³/mol. The predicted octanol–water partition coefficient (Wildman–Crippen LogP) is 2.37. The van der Waals surface area contributed by atoms with E-state index in [0.29, 0.717) is 17.2 Å². The lowest BCUT2D eigenvalue weighted by molar-refractivity contribution is 0.0919. The molecule has 1 aromatic heterocycles. The Morgan fingerprint density at radius 2 is 2.05 bits per heavy atom. The molecule has 0 radical (unpaired) electrons. The molecule has 5 nitrogen and oxygen atoms in total. The summed E-state index contributed by atoms with van der Waals surface area (Å²) in [6.45, 7) is 4.34. The number of benzene rings is 1. The van der Waals surface area contributed by atoms with E-state index in [1.165, 1.54) is 11.3 Å². The van der Waals surface area contributed by atoms with Crippen LogP contribution in [-0.4, -0.2) is 29.7 Å². The summed E-state index contributed by atoms with van der Waals surface area (Å²) < 4.78 is 5.02. The number of carbonyl (C=O) groups is 1. The second-order valence-corrected chi connectivity index (χ2v) is 6.18. The Balaban J connectivity index is 1.96. The van der Waals surface area contributed by atoms with Crippen molar-refractivity contribution in [3.05, 3.63) is 51.0 Å². The highest BCUT2D eigenvalue weighted by Crippen LogP contribution is 2.19. The van der Waals surface area contributed by atoms with Crippen molar-refractivity contribution < 1.29 is 14.6 Å². The molecule has 2 rings (SSSR count). The summed E-state index contributed by atoms with van der Waals surface area (Å²) >= 11 is 1.31. The normalized spacial score (nSPS) is 12.2. The zero-order valence-electron chi connectivity index (χ0n) is 12.9. The minimum atomic E-state index is -0.726. The van der Waals surface area contributed by atoms with E-state index in [1.807, 2.05) is 31.2 Å². The maximum atomic E-state index is 12.2. The molecular formula is C16H20N2O3S. The van der Waals surface area contributed by atoms with E-state index in [1.54, 1.807) is 14.0 Å². The van der Waals surface area contributed by atoms with E-state index in [-0.39, 0.29) is 12.5 Å². The summed E-state index contributed by atoms with van der Waals surface area (Å²) in [5.74, 6) is -0.219. The summed E-state index contributed by atoms with van der Waals surface area (Å²) in [6.07, 6.45) is -0.726. The molecule has 0 saturated heterocycles. The SMILES string of the molecule is COCc1nc(C)c(C(=O)NCC(O)c2ccc(C)cc2)s1. The molecule has 0 aliphatic rings. The standard InChI is InChI=1S/C16H20N2O3S/c1-10-4-6-12(7-5-10)13(19)8-17-16(20)15-11(2)18-14(22-15)9-21-3/h4-7,13,19H,8-9H2,1-3H3,(H,17,20). The Hall–Kier alpha value is -1.76. The number of aliphatic hydroxyl groups is 1. The minimum Gasteiger partial charge on any atom is -0.387 e. The van der Waals surface area contributed by atoms with E-state index in [2.05, 4.69) is 10.3 Å². The number of thiazole rings is 1. The lowest BCUT2D eigenvalue weighted by Crippen LogP contribution is -2.28. The van der Waals surface area contributed by atoms with Gasteiger partial charge in [0.05, 0.1) is 18.4 Å². The van der Waals surface area contributed by atoms with Crippen LogP contribution < -0.4 is 5.32 Å². The molecule has 6 heteroatoms. The number of methoxy groups -OCH3 is 1. The maximum Gasteiger partial charge on any atom is 0.263 e. The molecule has 0 aliphatic carbocycles. The summed E-state index contributed by atoms with van der Waals surface area (Å²) in [4.78, 5) is 17.0. The van der Waals surface area contributed by atoms with Gasteiger partial charge in [0.2, 0.25) is 0 Å². The molecule has 0 spiro atoms. The molecule has 1 unspecified atom stereocenters. The highest BCUT2D eigenvalue weighted by molar-refractivity contribution is 7.13. The van der Waals surface area contributed by atoms with Crippen molar-refractivity contribution in [2.45, 2.75) is 26.6 Å². The zero-order valence-corrected chi connectivity index (χ0v) is 13.7. The van der Waals surface area contributed by atoms with Gasteiger partial charge in [-0.2, -0.15) is 0 Å². The van der Waals surface area contributed by atoms with Gasteiger partial charge < -0.3 is 15.2 Å². The highest BCUT2D eigenvalue weighted by Gasteiger charge is 2.16. The first-order valence-corrected chi connectivity index (χ1v) is 7.81. The molecule has 0 bridgehead atoms. The van der Waals surface area contributed by atoms with Crippen LogP contribution in [0.4, 0.5) is 0 Å². The van der Waals surface area contributed by atoms with Crippen molar-refractivity contribution in [2.75, 3.05) is 13.7 Å². The Morgan fingerprint density at radius 1 is 1.36 bits per heavy atom. The number of aromatic nitrogens is 1. The quantitative estimate of drug-likeness (QED) is 0.857. The minimum absolute atomic E-state index is 0.166. The number of hydrogen-bond donors (Lipinski definition) is 2. The van der Waals surface area contributed by atoms with Gasteiger partial charge in [0.1, 0.15) is 9.88 Å². The molecule has 1 aromatic carbocycles. The van der Waals surface area contributed by atoms with Gasteiger partial charge in [-0.1, -0.05) is 29.8 Å². The van der Waals surface area contributed by atoms with Crippen molar-refractivity contribution in [1.82, 2.24) is 10.3 Å². The van der Waals surface area contributed by atoms with Crippen LogP contribution >= 0.6 is 11.3 Å². The van der Waals surface area contributed by atoms with Crippen LogP contribution in [0.25, 0.3) is 0 Å². The van der Waals surface area contributed by atoms with Gasteiger partial charge >= 0.3 is 0 Å². The van der Waals surface area contributed by atoms with Crippen LogP contribution in [0, 0.1) is 13.8 Å². The zero-order chi connectivity index (χ0) is 16.1. The maximum absolute atomic E-state index is 12.2. The Labute approximate surface area is 134 Å². The van der Waals surface area contributed by atoms with Crippen molar-refractivity contribution in [2.24, 2.45) is 0 Å². The van der Waals surface area contributed by atoms with Gasteiger partial charge in [-0.25, -0.2) is 4.98 Å². The Morgan fingerprint density at radius 3 is 2.68 bits per heavy atom. The van der Waals surface area contributed by atoms with Gasteiger partial charge in [-0.15, -0.1) is 11.3 Å². The average Bonchev–Trinajstić information content (AvgIpc) is 2.86. The van der Waals surface area contributed by atoms with Crippen LogP contribution in [0.2, 0.25) is 0 Å². The number of nitrogens with one attached hydrogen (secondary N) is 1. The fourth-order valence-electron chi connectivity index (χ4n) is 2.02. The van der Waals surface area contributed by atoms with E-state index in [4.69, 9.17) is 4.74 Å². The number of aliphatic hydroxyl groups excluding tert-OH is 1. The summed E-state index contributed by atoms with van der Waals surface area (Å²) in [7, 11) is 1.59. The third kappa shape index (κ3) is 4.13. The van der Waals surface area contributed by atoms with Gasteiger partial charge in [0.25, 0.3) is 5.91 Å². The lowest BCUT2D eigenvalue weighted by atomic mass is 10.1. The summed E-state index contributed by atoms with van der Waals surface area (Å²) in [5, 5.41) is 13.6. The number of carbonyl (C=O) groups excluding carboxylic acids is 1. The first kappa shape index (κ1) is 16.6. The van der Waals surface area contributed by atoms with Gasteiger partial charge in [-0.05, 0) is 19.4 Å². The molecule has 0 saturated carbocycles. The molecular weight excluding hydrogens is 300 g/mol. The van der Waals surface area contributed by atoms with Crippen LogP contribution in [0.5, 0.6) is 0 Å². The third-order valence-corrected chi connectivity index (χ3v) is 4.36.